The van der Waals surface area contributed by atoms with Gasteiger partial charge in [-0.25, -0.2) is 0 Å². The maximum atomic E-state index is 5.76. The van der Waals surface area contributed by atoms with E-state index in [4.69, 9.17) is 11.1 Å². The Kier molecular flexibility index (Phi) is 5.28. The second-order valence-electron chi connectivity index (χ2n) is 1.72. The lowest BCUT2D eigenvalue weighted by Gasteiger charge is -2.18. The molecule has 0 saturated heterocycles. The molecule has 47 valence electrons. The molecule has 0 aromatic rings. The van der Waals surface area contributed by atoms with Crippen LogP contribution in [0.3, 0.4) is 0 Å². The average molecular weight is 181 g/mol. The smallest absolute Gasteiger partial charge is 0.184 e. The van der Waals surface area contributed by atoms with Crippen molar-refractivity contribution in [1.82, 2.24) is 3.90 Å². The van der Waals surface area contributed by atoms with Crippen molar-refractivity contribution in [3.05, 3.63) is 0 Å². The molecule has 0 aromatic heterocycles. The zero-order chi connectivity index (χ0) is 6.57. The van der Waals surface area contributed by atoms with Crippen molar-refractivity contribution in [2.45, 2.75) is 19.6 Å². The first-order valence-corrected chi connectivity index (χ1v) is 9.20. The highest BCUT2D eigenvalue weighted by molar-refractivity contribution is 6.99. The molecule has 0 heterocycles. The van der Waals surface area contributed by atoms with Crippen LogP contribution in [-0.4, -0.2) is 31.5 Å². The van der Waals surface area contributed by atoms with Gasteiger partial charge in [-0.3, -0.25) is 0 Å². The van der Waals surface area contributed by atoms with Crippen LogP contribution in [0.2, 0.25) is 19.6 Å². The summed E-state index contributed by atoms with van der Waals surface area (Å²) in [7, 11) is 0.382. The standard InChI is InChI=1S/C3H11ClNSi3/c1-6-5(7-4)8(2)3/h7H2,1-3H3. The first-order chi connectivity index (χ1) is 3.72. The summed E-state index contributed by atoms with van der Waals surface area (Å²) in [5.41, 5.74) is 0. The Balaban J connectivity index is 3.35. The van der Waals surface area contributed by atoms with E-state index in [2.05, 4.69) is 23.5 Å². The summed E-state index contributed by atoms with van der Waals surface area (Å²) in [5, 5.41) is 0. The predicted octanol–water partition coefficient (Wildman–Crippen LogP) is 0.444. The van der Waals surface area contributed by atoms with Crippen LogP contribution in [0.1, 0.15) is 0 Å². The van der Waals surface area contributed by atoms with E-state index in [1.165, 1.54) is 0 Å². The summed E-state index contributed by atoms with van der Waals surface area (Å²) in [6.45, 7) is 6.78. The molecule has 0 unspecified atom stereocenters. The molecule has 0 aliphatic carbocycles. The highest BCUT2D eigenvalue weighted by atomic mass is 35.6. The van der Waals surface area contributed by atoms with E-state index in [9.17, 15) is 0 Å². The zero-order valence-corrected chi connectivity index (χ0v) is 9.70. The molecule has 0 fully saturated rings. The van der Waals surface area contributed by atoms with E-state index in [1.807, 2.05) is 0 Å². The lowest BCUT2D eigenvalue weighted by molar-refractivity contribution is 1.08. The SMILES string of the molecule is C[Si]N([SiH2]Cl)[Si](C)C. The van der Waals surface area contributed by atoms with Gasteiger partial charge in [-0.2, -0.15) is 11.1 Å². The molecule has 0 N–H and O–H groups in total. The van der Waals surface area contributed by atoms with Gasteiger partial charge in [0.25, 0.3) is 0 Å². The molecule has 0 spiro atoms. The number of hydrogen-bond donors (Lipinski definition) is 0. The maximum absolute atomic E-state index is 5.76. The fourth-order valence-electron chi connectivity index (χ4n) is 0.403. The quantitative estimate of drug-likeness (QED) is 0.451. The van der Waals surface area contributed by atoms with Crippen LogP contribution in [0.4, 0.5) is 0 Å². The molecule has 1 nitrogen and oxygen atoms in total. The third-order valence-corrected chi connectivity index (χ3v) is 10.5. The number of halogens is 1. The minimum Gasteiger partial charge on any atom is -0.364 e. The molecule has 0 rings (SSSR count). The third-order valence-electron chi connectivity index (χ3n) is 0.929. The normalized spacial score (nSPS) is 12.8. The summed E-state index contributed by atoms with van der Waals surface area (Å²) in [4.78, 5) is 0. The van der Waals surface area contributed by atoms with Crippen LogP contribution in [0.25, 0.3) is 0 Å². The van der Waals surface area contributed by atoms with Gasteiger partial charge in [0, 0.05) is 0 Å². The van der Waals surface area contributed by atoms with Gasteiger partial charge in [0.2, 0.25) is 0 Å². The Labute approximate surface area is 62.6 Å². The van der Waals surface area contributed by atoms with E-state index in [0.717, 1.165) is 9.68 Å². The van der Waals surface area contributed by atoms with E-state index >= 15 is 0 Å². The van der Waals surface area contributed by atoms with Gasteiger partial charge in [0.1, 0.15) is 18.6 Å². The molecule has 0 aromatic carbocycles. The van der Waals surface area contributed by atoms with Crippen LogP contribution >= 0.6 is 11.1 Å². The molecule has 3 radical (unpaired) electrons. The summed E-state index contributed by atoms with van der Waals surface area (Å²) < 4.78 is 2.45. The van der Waals surface area contributed by atoms with Crippen molar-refractivity contribution in [2.75, 3.05) is 0 Å². The van der Waals surface area contributed by atoms with E-state index in [0.29, 0.717) is 0 Å². The van der Waals surface area contributed by atoms with E-state index in [1.54, 1.807) is 0 Å². The highest BCUT2D eigenvalue weighted by Crippen LogP contribution is 1.90. The van der Waals surface area contributed by atoms with Crippen LogP contribution in [0, 0.1) is 0 Å². The van der Waals surface area contributed by atoms with Crippen molar-refractivity contribution >= 4 is 38.7 Å². The van der Waals surface area contributed by atoms with Gasteiger partial charge in [0.05, 0.1) is 0 Å². The van der Waals surface area contributed by atoms with Gasteiger partial charge in [-0.15, -0.1) is 0 Å². The van der Waals surface area contributed by atoms with E-state index in [-0.39, 0.29) is 17.9 Å². The first kappa shape index (κ1) is 8.90. The molecule has 0 bridgehead atoms. The van der Waals surface area contributed by atoms with Crippen molar-refractivity contribution < 1.29 is 0 Å². The molecular weight excluding hydrogens is 170 g/mol. The summed E-state index contributed by atoms with van der Waals surface area (Å²) >= 11 is 5.76. The molecule has 5 heteroatoms. The second kappa shape index (κ2) is 4.75. The van der Waals surface area contributed by atoms with Crippen molar-refractivity contribution in [3.8, 4) is 0 Å². The molecule has 0 saturated carbocycles. The number of hydrogen-bond acceptors (Lipinski definition) is 1. The van der Waals surface area contributed by atoms with Crippen LogP contribution in [-0.2, 0) is 0 Å². The maximum Gasteiger partial charge on any atom is 0.184 e. The van der Waals surface area contributed by atoms with Crippen LogP contribution < -0.4 is 0 Å². The Hall–Kier alpha value is 0.901. The molecule has 0 aliphatic rings. The number of nitrogens with zero attached hydrogens (tertiary/aromatic N) is 1. The second-order valence-corrected chi connectivity index (χ2v) is 8.44. The Bertz CT molecular complexity index is 56.5. The fraction of sp³-hybridized carbons (Fsp3) is 1.00. The van der Waals surface area contributed by atoms with E-state index < -0.39 is 0 Å². The van der Waals surface area contributed by atoms with Gasteiger partial charge in [0.15, 0.2) is 8.99 Å². The van der Waals surface area contributed by atoms with Gasteiger partial charge in [-0.1, -0.05) is 19.6 Å². The topological polar surface area (TPSA) is 3.24 Å². The lowest BCUT2D eigenvalue weighted by atomic mass is 11.9. The summed E-state index contributed by atoms with van der Waals surface area (Å²) in [6.07, 6.45) is 0. The summed E-state index contributed by atoms with van der Waals surface area (Å²) in [6, 6.07) is 0. The van der Waals surface area contributed by atoms with Gasteiger partial charge in [-0.05, 0) is 0 Å². The fourth-order valence-corrected chi connectivity index (χ4v) is 6.85. The van der Waals surface area contributed by atoms with Crippen molar-refractivity contribution in [1.29, 1.82) is 0 Å². The minimum absolute atomic E-state index is 0.199. The largest absolute Gasteiger partial charge is 0.364 e. The lowest BCUT2D eigenvalue weighted by Crippen LogP contribution is -2.37. The average Bonchev–Trinajstić information content (AvgIpc) is 1.69. The minimum atomic E-state index is -0.356. The monoisotopic (exact) mass is 180 g/mol. The first-order valence-electron chi connectivity index (χ1n) is 2.53. The zero-order valence-electron chi connectivity index (χ0n) is 5.53. The highest BCUT2D eigenvalue weighted by Gasteiger charge is 2.05. The Morgan fingerprint density at radius 1 is 1.62 bits per heavy atom. The van der Waals surface area contributed by atoms with Crippen molar-refractivity contribution in [3.63, 3.8) is 0 Å². The van der Waals surface area contributed by atoms with Gasteiger partial charge < -0.3 is 3.90 Å². The Morgan fingerprint density at radius 3 is 2.12 bits per heavy atom. The van der Waals surface area contributed by atoms with Crippen LogP contribution in [0.5, 0.6) is 0 Å². The summed E-state index contributed by atoms with van der Waals surface area (Å²) in [5.74, 6) is 0. The third kappa shape index (κ3) is 3.03. The van der Waals surface area contributed by atoms with Crippen molar-refractivity contribution in [2.24, 2.45) is 0 Å². The Morgan fingerprint density at radius 2 is 2.12 bits per heavy atom. The number of rotatable bonds is 3. The molecule has 0 atom stereocenters. The van der Waals surface area contributed by atoms with Gasteiger partial charge >= 0.3 is 0 Å². The predicted molar refractivity (Wildman–Crippen MR) is 45.3 cm³/mol. The molecular formula is C3H11ClNSi3. The molecule has 8 heavy (non-hydrogen) atoms. The molecule has 0 aliphatic heterocycles. The molecule has 0 amide bonds. The van der Waals surface area contributed by atoms with Crippen LogP contribution in [0.15, 0.2) is 0 Å².